The topological polar surface area (TPSA) is 123 Å². The predicted octanol–water partition coefficient (Wildman–Crippen LogP) is 5.51. The average Bonchev–Trinajstić information content (AvgIpc) is 3.51. The Morgan fingerprint density at radius 3 is 2.48 bits per heavy atom. The number of rotatable bonds is 8. The van der Waals surface area contributed by atoms with Gasteiger partial charge in [-0.25, -0.2) is 4.98 Å². The average molecular weight is 592 g/mol. The van der Waals surface area contributed by atoms with Crippen LogP contribution in [0, 0.1) is 11.3 Å². The summed E-state index contributed by atoms with van der Waals surface area (Å²) in [5, 5.41) is 17.2. The number of Topliss-reactive ketones (excluding diaryl/α,β-unsaturated/α-hetero) is 1. The van der Waals surface area contributed by atoms with Crippen LogP contribution < -0.4 is 20.3 Å². The van der Waals surface area contributed by atoms with Gasteiger partial charge in [0.15, 0.2) is 5.75 Å². The highest BCUT2D eigenvalue weighted by Crippen LogP contribution is 2.36. The molecule has 0 spiro atoms. The number of anilines is 4. The normalized spacial score (nSPS) is 14.9. The summed E-state index contributed by atoms with van der Waals surface area (Å²) in [4.78, 5) is 40.6. The van der Waals surface area contributed by atoms with Gasteiger partial charge in [0.25, 0.3) is 11.7 Å². The lowest BCUT2D eigenvalue weighted by molar-refractivity contribution is -0.112. The molecule has 0 saturated carbocycles. The van der Waals surface area contributed by atoms with E-state index in [2.05, 4.69) is 45.6 Å². The number of likely N-dealkylation sites (N-methyl/N-ethyl adjacent to an activating group) is 1. The number of nitrogens with zero attached hydrogens (tertiary/aromatic N) is 5. The number of hydrogen-bond acceptors (Lipinski definition) is 9. The maximum absolute atomic E-state index is 13.6. The number of nitriles is 1. The Labute approximate surface area is 257 Å². The Hall–Kier alpha value is -5.01. The first-order valence-corrected chi connectivity index (χ1v) is 14.5. The van der Waals surface area contributed by atoms with Gasteiger partial charge in [-0.2, -0.15) is 10.2 Å². The number of ether oxygens (including phenoxy) is 1. The van der Waals surface area contributed by atoms with E-state index in [0.29, 0.717) is 23.2 Å². The second kappa shape index (κ2) is 12.3. The van der Waals surface area contributed by atoms with Crippen LogP contribution >= 0.6 is 0 Å². The predicted molar refractivity (Wildman–Crippen MR) is 173 cm³/mol. The molecule has 226 valence electrons. The number of benzene rings is 3. The molecular formula is C34H37N7O3. The van der Waals surface area contributed by atoms with Gasteiger partial charge in [0, 0.05) is 42.0 Å². The monoisotopic (exact) mass is 591 g/mol. The van der Waals surface area contributed by atoms with Crippen molar-refractivity contribution in [3.05, 3.63) is 77.5 Å². The molecule has 1 aliphatic heterocycles. The van der Waals surface area contributed by atoms with Crippen molar-refractivity contribution >= 4 is 45.6 Å². The van der Waals surface area contributed by atoms with Gasteiger partial charge in [0.2, 0.25) is 5.95 Å². The highest BCUT2D eigenvalue weighted by atomic mass is 16.5. The molecule has 1 atom stereocenters. The van der Waals surface area contributed by atoms with Crippen molar-refractivity contribution in [1.29, 1.82) is 5.26 Å². The molecule has 1 amide bonds. The molecule has 5 rings (SSSR count). The summed E-state index contributed by atoms with van der Waals surface area (Å²) in [6.45, 7) is 7.76. The van der Waals surface area contributed by atoms with Crippen molar-refractivity contribution in [3.8, 4) is 11.8 Å². The summed E-state index contributed by atoms with van der Waals surface area (Å²) in [6, 6.07) is 18.7. The molecule has 44 heavy (non-hydrogen) atoms. The van der Waals surface area contributed by atoms with Crippen molar-refractivity contribution in [2.45, 2.75) is 38.6 Å². The van der Waals surface area contributed by atoms with Crippen LogP contribution in [0.1, 0.15) is 48.7 Å². The SMILES string of the molecule is COc1c(C#N)cc(C(C)(C)C)cc1NC(=O)C(=O)c1ccc(Nc2ccnc(N3CC[C@@H](N(C)C)C3)n2)c2ccccc12. The fourth-order valence-electron chi connectivity index (χ4n) is 5.42. The highest BCUT2D eigenvalue weighted by Gasteiger charge is 2.27. The fourth-order valence-corrected chi connectivity index (χ4v) is 5.42. The van der Waals surface area contributed by atoms with Crippen LogP contribution in [0.25, 0.3) is 10.8 Å². The molecule has 0 radical (unpaired) electrons. The molecule has 1 saturated heterocycles. The minimum Gasteiger partial charge on any atom is -0.493 e. The van der Waals surface area contributed by atoms with Crippen molar-refractivity contribution in [1.82, 2.24) is 14.9 Å². The van der Waals surface area contributed by atoms with E-state index in [-0.39, 0.29) is 28.0 Å². The minimum absolute atomic E-state index is 0.210. The van der Waals surface area contributed by atoms with Gasteiger partial charge in [0.1, 0.15) is 11.9 Å². The fraction of sp³-hybridized carbons (Fsp3) is 0.324. The highest BCUT2D eigenvalue weighted by molar-refractivity contribution is 6.48. The molecule has 10 heteroatoms. The van der Waals surface area contributed by atoms with E-state index in [1.807, 2.05) is 45.0 Å². The number of carbonyl (C=O) groups is 2. The van der Waals surface area contributed by atoms with Crippen molar-refractivity contribution < 1.29 is 14.3 Å². The number of amides is 1. The van der Waals surface area contributed by atoms with E-state index < -0.39 is 11.7 Å². The van der Waals surface area contributed by atoms with Gasteiger partial charge in [0.05, 0.1) is 18.4 Å². The Morgan fingerprint density at radius 2 is 1.82 bits per heavy atom. The van der Waals surface area contributed by atoms with Crippen LogP contribution in [0.15, 0.2) is 60.8 Å². The second-order valence-corrected chi connectivity index (χ2v) is 12.2. The summed E-state index contributed by atoms with van der Waals surface area (Å²) < 4.78 is 5.45. The number of ketones is 1. The molecule has 4 aromatic rings. The maximum atomic E-state index is 13.6. The molecule has 0 bridgehead atoms. The zero-order valence-electron chi connectivity index (χ0n) is 25.9. The Kier molecular flexibility index (Phi) is 8.52. The summed E-state index contributed by atoms with van der Waals surface area (Å²) >= 11 is 0. The maximum Gasteiger partial charge on any atom is 0.296 e. The van der Waals surface area contributed by atoms with Crippen LogP contribution in [0.2, 0.25) is 0 Å². The third kappa shape index (κ3) is 6.19. The van der Waals surface area contributed by atoms with Gasteiger partial charge in [-0.05, 0) is 67.2 Å². The lowest BCUT2D eigenvalue weighted by Crippen LogP contribution is -2.32. The first-order chi connectivity index (χ1) is 21.0. The number of carbonyl (C=O) groups excluding carboxylic acids is 2. The molecule has 1 aliphatic rings. The Morgan fingerprint density at radius 1 is 1.07 bits per heavy atom. The van der Waals surface area contributed by atoms with E-state index in [4.69, 9.17) is 9.72 Å². The zero-order valence-corrected chi connectivity index (χ0v) is 25.9. The number of nitrogens with one attached hydrogen (secondary N) is 2. The summed E-state index contributed by atoms with van der Waals surface area (Å²) in [7, 11) is 5.60. The molecule has 0 aliphatic carbocycles. The molecule has 2 heterocycles. The van der Waals surface area contributed by atoms with Crippen LogP contribution in [0.4, 0.5) is 23.1 Å². The molecule has 2 N–H and O–H groups in total. The molecule has 0 unspecified atom stereocenters. The van der Waals surface area contributed by atoms with E-state index in [1.165, 1.54) is 7.11 Å². The van der Waals surface area contributed by atoms with Crippen LogP contribution in [-0.2, 0) is 10.2 Å². The third-order valence-electron chi connectivity index (χ3n) is 7.98. The Balaban J connectivity index is 1.42. The first kappa shape index (κ1) is 30.4. The van der Waals surface area contributed by atoms with Gasteiger partial charge in [-0.1, -0.05) is 45.0 Å². The Bertz CT molecular complexity index is 1770. The van der Waals surface area contributed by atoms with Crippen molar-refractivity contribution in [3.63, 3.8) is 0 Å². The van der Waals surface area contributed by atoms with Gasteiger partial charge >= 0.3 is 0 Å². The number of hydrogen-bond donors (Lipinski definition) is 2. The number of fused-ring (bicyclic) bond motifs is 1. The van der Waals surface area contributed by atoms with E-state index in [9.17, 15) is 14.9 Å². The van der Waals surface area contributed by atoms with Gasteiger partial charge in [-0.3, -0.25) is 9.59 Å². The van der Waals surface area contributed by atoms with Crippen molar-refractivity contribution in [2.24, 2.45) is 0 Å². The number of methoxy groups -OCH3 is 1. The molecule has 10 nitrogen and oxygen atoms in total. The van der Waals surface area contributed by atoms with Crippen molar-refractivity contribution in [2.75, 3.05) is 49.8 Å². The van der Waals surface area contributed by atoms with Gasteiger partial charge in [-0.15, -0.1) is 0 Å². The van der Waals surface area contributed by atoms with E-state index in [0.717, 1.165) is 36.1 Å². The molecular weight excluding hydrogens is 554 g/mol. The number of aromatic nitrogens is 2. The molecule has 1 aromatic heterocycles. The largest absolute Gasteiger partial charge is 0.493 e. The lowest BCUT2D eigenvalue weighted by atomic mass is 9.85. The molecule has 3 aromatic carbocycles. The minimum atomic E-state index is -0.828. The smallest absolute Gasteiger partial charge is 0.296 e. The van der Waals surface area contributed by atoms with Gasteiger partial charge < -0.3 is 25.2 Å². The molecule has 1 fully saturated rings. The second-order valence-electron chi connectivity index (χ2n) is 12.2. The lowest BCUT2D eigenvalue weighted by Gasteiger charge is -2.22. The zero-order chi connectivity index (χ0) is 31.6. The summed E-state index contributed by atoms with van der Waals surface area (Å²) in [5.74, 6) is -0.0297. The summed E-state index contributed by atoms with van der Waals surface area (Å²) in [6.07, 6.45) is 2.79. The quantitative estimate of drug-likeness (QED) is 0.202. The van der Waals surface area contributed by atoms with Crippen LogP contribution in [0.5, 0.6) is 5.75 Å². The van der Waals surface area contributed by atoms with Crippen LogP contribution in [-0.4, -0.2) is 66.9 Å². The standard InChI is InChI=1S/C34H37N7O3/c1-34(2,3)22-17-21(19-35)31(44-6)28(18-22)38-32(43)30(42)26-11-12-27(25-10-8-7-9-24(25)26)37-29-13-15-36-33(39-29)41-16-14-23(20-41)40(4)5/h7-13,15,17-18,23H,14,16,20H2,1-6H3,(H,38,43)(H,36,37,39)/t23-/m1/s1. The first-order valence-electron chi connectivity index (χ1n) is 14.5. The third-order valence-corrected chi connectivity index (χ3v) is 7.98. The van der Waals surface area contributed by atoms with E-state index in [1.54, 1.807) is 36.5 Å². The summed E-state index contributed by atoms with van der Waals surface area (Å²) in [5.41, 5.74) is 2.07. The van der Waals surface area contributed by atoms with E-state index >= 15 is 0 Å². The van der Waals surface area contributed by atoms with Crippen LogP contribution in [0.3, 0.4) is 0 Å².